The Labute approximate surface area is 240 Å². The highest BCUT2D eigenvalue weighted by atomic mass is 16.2. The molecule has 41 heavy (non-hydrogen) atoms. The van der Waals surface area contributed by atoms with Crippen LogP contribution in [0.25, 0.3) is 0 Å². The molecule has 1 saturated carbocycles. The SMILES string of the molecule is O=C1c2ccccc2C(=O)N1CC1CCc2ncn(C34C=CC=CC3C4)c2C1.c1ccc(Cc2ccccc2)cc1. The van der Waals surface area contributed by atoms with Crippen molar-refractivity contribution in [1.29, 1.82) is 0 Å². The molecule has 5 nitrogen and oxygen atoms in total. The zero-order valence-corrected chi connectivity index (χ0v) is 23.0. The van der Waals surface area contributed by atoms with Crippen LogP contribution in [0.3, 0.4) is 0 Å². The first kappa shape index (κ1) is 25.5. The van der Waals surface area contributed by atoms with Gasteiger partial charge in [0.2, 0.25) is 0 Å². The van der Waals surface area contributed by atoms with E-state index in [1.165, 1.54) is 27.4 Å². The number of carbonyl (C=O) groups excluding carboxylic acids is 2. The number of aryl methyl sites for hydroxylation is 1. The Morgan fingerprint density at radius 2 is 1.44 bits per heavy atom. The van der Waals surface area contributed by atoms with Crippen molar-refractivity contribution >= 4 is 11.8 Å². The van der Waals surface area contributed by atoms with Crippen LogP contribution in [0.1, 0.15) is 56.1 Å². The minimum atomic E-state index is -0.152. The Hall–Kier alpha value is -4.51. The molecule has 2 amide bonds. The third-order valence-corrected chi connectivity index (χ3v) is 8.95. The van der Waals surface area contributed by atoms with E-state index in [4.69, 9.17) is 0 Å². The molecule has 0 bridgehead atoms. The highest BCUT2D eigenvalue weighted by Crippen LogP contribution is 2.55. The monoisotopic (exact) mass is 539 g/mol. The molecule has 4 aliphatic rings. The number of nitrogens with zero attached hydrogens (tertiary/aromatic N) is 3. The molecule has 0 saturated heterocycles. The summed E-state index contributed by atoms with van der Waals surface area (Å²) in [5.41, 5.74) is 6.34. The third kappa shape index (κ3) is 4.76. The zero-order valence-electron chi connectivity index (χ0n) is 23.0. The lowest BCUT2D eigenvalue weighted by Gasteiger charge is -2.28. The van der Waals surface area contributed by atoms with Gasteiger partial charge in [0.05, 0.1) is 28.7 Å². The van der Waals surface area contributed by atoms with Gasteiger partial charge in [-0.05, 0) is 61.3 Å². The maximum atomic E-state index is 12.7. The van der Waals surface area contributed by atoms with Crippen LogP contribution < -0.4 is 0 Å². The van der Waals surface area contributed by atoms with E-state index in [-0.39, 0.29) is 23.3 Å². The lowest BCUT2D eigenvalue weighted by molar-refractivity contribution is 0.0623. The molecule has 5 heteroatoms. The number of hydrogen-bond acceptors (Lipinski definition) is 3. The molecule has 1 aromatic heterocycles. The number of imidazole rings is 1. The van der Waals surface area contributed by atoms with Crippen molar-refractivity contribution in [3.63, 3.8) is 0 Å². The highest BCUT2D eigenvalue weighted by molar-refractivity contribution is 6.21. The number of allylic oxidation sites excluding steroid dienone is 4. The number of benzene rings is 3. The average Bonchev–Trinajstić information content (AvgIpc) is 3.54. The van der Waals surface area contributed by atoms with E-state index in [9.17, 15) is 9.59 Å². The van der Waals surface area contributed by atoms with Crippen LogP contribution in [0.4, 0.5) is 0 Å². The van der Waals surface area contributed by atoms with E-state index < -0.39 is 0 Å². The molecular formula is C36H33N3O2. The van der Waals surface area contributed by atoms with Crippen molar-refractivity contribution in [1.82, 2.24) is 14.5 Å². The minimum Gasteiger partial charge on any atom is -0.324 e. The molecule has 3 aliphatic carbocycles. The quantitative estimate of drug-likeness (QED) is 0.276. The number of rotatable bonds is 5. The first-order valence-electron chi connectivity index (χ1n) is 14.6. The van der Waals surface area contributed by atoms with Crippen LogP contribution in [-0.2, 0) is 24.8 Å². The Morgan fingerprint density at radius 3 is 2.07 bits per heavy atom. The van der Waals surface area contributed by atoms with Crippen molar-refractivity contribution < 1.29 is 9.59 Å². The summed E-state index contributed by atoms with van der Waals surface area (Å²) < 4.78 is 2.36. The van der Waals surface area contributed by atoms with E-state index in [0.29, 0.717) is 23.6 Å². The van der Waals surface area contributed by atoms with Gasteiger partial charge in [-0.25, -0.2) is 4.98 Å². The molecule has 204 valence electrons. The summed E-state index contributed by atoms with van der Waals surface area (Å²) in [7, 11) is 0. The molecule has 2 heterocycles. The van der Waals surface area contributed by atoms with Gasteiger partial charge in [0.25, 0.3) is 11.8 Å². The van der Waals surface area contributed by atoms with E-state index in [1.807, 2.05) is 18.5 Å². The van der Waals surface area contributed by atoms with Gasteiger partial charge in [0.1, 0.15) is 0 Å². The molecular weight excluding hydrogens is 506 g/mol. The Kier molecular flexibility index (Phi) is 6.50. The second-order valence-electron chi connectivity index (χ2n) is 11.6. The molecule has 8 rings (SSSR count). The predicted octanol–water partition coefficient (Wildman–Crippen LogP) is 6.40. The van der Waals surface area contributed by atoms with Crippen LogP contribution in [0.15, 0.2) is 116 Å². The highest BCUT2D eigenvalue weighted by Gasteiger charge is 2.54. The molecule has 3 unspecified atom stereocenters. The van der Waals surface area contributed by atoms with Crippen LogP contribution >= 0.6 is 0 Å². The molecule has 0 N–H and O–H groups in total. The van der Waals surface area contributed by atoms with Crippen molar-refractivity contribution in [2.75, 3.05) is 6.54 Å². The van der Waals surface area contributed by atoms with Gasteiger partial charge in [-0.15, -0.1) is 0 Å². The van der Waals surface area contributed by atoms with E-state index >= 15 is 0 Å². The topological polar surface area (TPSA) is 55.2 Å². The number of fused-ring (bicyclic) bond motifs is 3. The first-order valence-corrected chi connectivity index (χ1v) is 14.6. The van der Waals surface area contributed by atoms with Crippen molar-refractivity contribution in [2.45, 2.75) is 37.6 Å². The largest absolute Gasteiger partial charge is 0.324 e. The maximum Gasteiger partial charge on any atom is 0.261 e. The van der Waals surface area contributed by atoms with Gasteiger partial charge < -0.3 is 4.57 Å². The van der Waals surface area contributed by atoms with Gasteiger partial charge in [-0.1, -0.05) is 97.1 Å². The standard InChI is InChI=1S/C23H21N3O2.C13H12/c27-21-17-6-1-2-7-18(17)22(28)25(21)13-15-8-9-19-20(11-15)26(14-24-19)23-10-4-3-5-16(23)12-23;1-3-7-12(8-4-1)11-13-9-5-2-6-10-13/h1-7,10,14-16H,8-9,11-13H2;1-10H,11H2. The van der Waals surface area contributed by atoms with Gasteiger partial charge in [-0.3, -0.25) is 14.5 Å². The Bertz CT molecular complexity index is 1580. The molecule has 4 aromatic rings. The second-order valence-corrected chi connectivity index (χ2v) is 11.6. The maximum absolute atomic E-state index is 12.7. The van der Waals surface area contributed by atoms with Crippen LogP contribution in [0.5, 0.6) is 0 Å². The lowest BCUT2D eigenvalue weighted by atomic mass is 9.88. The third-order valence-electron chi connectivity index (χ3n) is 8.95. The number of hydrogen-bond donors (Lipinski definition) is 0. The summed E-state index contributed by atoms with van der Waals surface area (Å²) in [6.07, 6.45) is 15.7. The fourth-order valence-corrected chi connectivity index (χ4v) is 6.65. The molecule has 0 radical (unpaired) electrons. The van der Waals surface area contributed by atoms with Gasteiger partial charge in [-0.2, -0.15) is 0 Å². The number of imide groups is 1. The smallest absolute Gasteiger partial charge is 0.261 e. The lowest BCUT2D eigenvalue weighted by Crippen LogP contribution is -2.37. The first-order chi connectivity index (χ1) is 20.1. The summed E-state index contributed by atoms with van der Waals surface area (Å²) in [5, 5.41) is 0. The molecule has 1 aliphatic heterocycles. The zero-order chi connectivity index (χ0) is 27.8. The molecule has 3 aromatic carbocycles. The Morgan fingerprint density at radius 1 is 0.805 bits per heavy atom. The van der Waals surface area contributed by atoms with E-state index in [0.717, 1.165) is 32.1 Å². The summed E-state index contributed by atoms with van der Waals surface area (Å²) in [6.45, 7) is 0.489. The second kappa shape index (κ2) is 10.5. The predicted molar refractivity (Wildman–Crippen MR) is 160 cm³/mol. The molecule has 1 fully saturated rings. The van der Waals surface area contributed by atoms with Crippen LogP contribution in [-0.4, -0.2) is 32.8 Å². The van der Waals surface area contributed by atoms with Crippen LogP contribution in [0, 0.1) is 11.8 Å². The molecule has 0 spiro atoms. The van der Waals surface area contributed by atoms with E-state index in [1.54, 1.807) is 12.1 Å². The average molecular weight is 540 g/mol. The summed E-state index contributed by atoms with van der Waals surface area (Å²) in [5.74, 6) is 0.538. The fourth-order valence-electron chi connectivity index (χ4n) is 6.65. The van der Waals surface area contributed by atoms with Crippen molar-refractivity contribution in [3.8, 4) is 0 Å². The summed E-state index contributed by atoms with van der Waals surface area (Å²) >= 11 is 0. The van der Waals surface area contributed by atoms with Crippen molar-refractivity contribution in [2.24, 2.45) is 11.8 Å². The van der Waals surface area contributed by atoms with Crippen molar-refractivity contribution in [3.05, 3.63) is 149 Å². The normalized spacial score (nSPS) is 23.4. The van der Waals surface area contributed by atoms with Gasteiger partial charge >= 0.3 is 0 Å². The van der Waals surface area contributed by atoms with Crippen LogP contribution in [0.2, 0.25) is 0 Å². The van der Waals surface area contributed by atoms with Gasteiger partial charge in [0, 0.05) is 18.2 Å². The fraction of sp³-hybridized carbons (Fsp3) is 0.250. The van der Waals surface area contributed by atoms with E-state index in [2.05, 4.69) is 94.5 Å². The van der Waals surface area contributed by atoms with Gasteiger partial charge in [0.15, 0.2) is 0 Å². The summed E-state index contributed by atoms with van der Waals surface area (Å²) in [4.78, 5) is 31.6. The Balaban J connectivity index is 0.000000179. The number of carbonyl (C=O) groups is 2. The number of amides is 2. The summed E-state index contributed by atoms with van der Waals surface area (Å²) in [6, 6.07) is 28.2. The molecule has 3 atom stereocenters. The number of aromatic nitrogens is 2. The minimum absolute atomic E-state index is 0.0622.